The summed E-state index contributed by atoms with van der Waals surface area (Å²) in [5.74, 6) is -0.108. The summed E-state index contributed by atoms with van der Waals surface area (Å²) in [6.07, 6.45) is 3.20. The van der Waals surface area contributed by atoms with Crippen LogP contribution in [0.15, 0.2) is 54.9 Å². The SMILES string of the molecule is O=C(NCC(Br)c1ccccc1)c1cccnc1. The number of nitrogens with zero attached hydrogens (tertiary/aromatic N) is 1. The summed E-state index contributed by atoms with van der Waals surface area (Å²) in [6.45, 7) is 0.539. The second kappa shape index (κ2) is 6.31. The normalized spacial score (nSPS) is 11.8. The molecule has 3 nitrogen and oxygen atoms in total. The maximum absolute atomic E-state index is 11.8. The molecule has 4 heteroatoms. The Morgan fingerprint density at radius 2 is 2.00 bits per heavy atom. The Morgan fingerprint density at radius 3 is 2.67 bits per heavy atom. The van der Waals surface area contributed by atoms with Gasteiger partial charge in [0.15, 0.2) is 0 Å². The van der Waals surface area contributed by atoms with Crippen LogP contribution in [0.2, 0.25) is 0 Å². The van der Waals surface area contributed by atoms with Gasteiger partial charge >= 0.3 is 0 Å². The van der Waals surface area contributed by atoms with Gasteiger partial charge in [-0.1, -0.05) is 46.3 Å². The number of nitrogens with one attached hydrogen (secondary N) is 1. The van der Waals surface area contributed by atoms with Gasteiger partial charge in [0.2, 0.25) is 0 Å². The van der Waals surface area contributed by atoms with Gasteiger partial charge in [0, 0.05) is 18.9 Å². The van der Waals surface area contributed by atoms with Crippen LogP contribution in [0, 0.1) is 0 Å². The van der Waals surface area contributed by atoms with Crippen molar-refractivity contribution in [2.75, 3.05) is 6.54 Å². The number of carbonyl (C=O) groups excluding carboxylic acids is 1. The van der Waals surface area contributed by atoms with Crippen LogP contribution in [-0.2, 0) is 0 Å². The van der Waals surface area contributed by atoms with E-state index < -0.39 is 0 Å². The summed E-state index contributed by atoms with van der Waals surface area (Å²) in [6, 6.07) is 13.5. The minimum Gasteiger partial charge on any atom is -0.351 e. The Bertz CT molecular complexity index is 502. The molecule has 1 aromatic heterocycles. The molecular weight excluding hydrogens is 292 g/mol. The van der Waals surface area contributed by atoms with Crippen molar-refractivity contribution in [3.63, 3.8) is 0 Å². The number of alkyl halides is 1. The molecule has 0 aliphatic carbocycles. The van der Waals surface area contributed by atoms with Crippen LogP contribution in [0.25, 0.3) is 0 Å². The first-order chi connectivity index (χ1) is 8.77. The Balaban J connectivity index is 1.91. The van der Waals surface area contributed by atoms with Gasteiger partial charge in [-0.3, -0.25) is 9.78 Å². The lowest BCUT2D eigenvalue weighted by molar-refractivity contribution is 0.0953. The predicted molar refractivity (Wildman–Crippen MR) is 74.7 cm³/mol. The first kappa shape index (κ1) is 12.8. The molecular formula is C14H13BrN2O. The summed E-state index contributed by atoms with van der Waals surface area (Å²) in [5, 5.41) is 2.87. The molecule has 1 N–H and O–H groups in total. The molecule has 2 aromatic rings. The summed E-state index contributed by atoms with van der Waals surface area (Å²) >= 11 is 3.56. The number of hydrogen-bond donors (Lipinski definition) is 1. The van der Waals surface area contributed by atoms with E-state index in [2.05, 4.69) is 26.2 Å². The van der Waals surface area contributed by atoms with Crippen molar-refractivity contribution in [1.82, 2.24) is 10.3 Å². The fraction of sp³-hybridized carbons (Fsp3) is 0.143. The molecule has 0 spiro atoms. The minimum absolute atomic E-state index is 0.108. The third-order valence-electron chi connectivity index (χ3n) is 2.53. The zero-order chi connectivity index (χ0) is 12.8. The van der Waals surface area contributed by atoms with Crippen molar-refractivity contribution in [2.24, 2.45) is 0 Å². The third kappa shape index (κ3) is 3.40. The molecule has 2 rings (SSSR count). The number of pyridine rings is 1. The van der Waals surface area contributed by atoms with Crippen LogP contribution in [0.4, 0.5) is 0 Å². The summed E-state index contributed by atoms with van der Waals surface area (Å²) in [4.78, 5) is 15.8. The zero-order valence-corrected chi connectivity index (χ0v) is 11.3. The Hall–Kier alpha value is -1.68. The average Bonchev–Trinajstić information content (AvgIpc) is 2.46. The van der Waals surface area contributed by atoms with E-state index in [9.17, 15) is 4.79 Å². The lowest BCUT2D eigenvalue weighted by Gasteiger charge is -2.11. The van der Waals surface area contributed by atoms with Crippen molar-refractivity contribution in [1.29, 1.82) is 0 Å². The van der Waals surface area contributed by atoms with E-state index in [0.29, 0.717) is 12.1 Å². The van der Waals surface area contributed by atoms with Gasteiger partial charge in [-0.15, -0.1) is 0 Å². The van der Waals surface area contributed by atoms with Gasteiger partial charge in [-0.2, -0.15) is 0 Å². The Kier molecular flexibility index (Phi) is 4.47. The fourth-order valence-corrected chi connectivity index (χ4v) is 2.03. The predicted octanol–water partition coefficient (Wildman–Crippen LogP) is 2.95. The van der Waals surface area contributed by atoms with E-state index in [0.717, 1.165) is 5.56 Å². The number of carbonyl (C=O) groups is 1. The van der Waals surface area contributed by atoms with Gasteiger partial charge in [-0.25, -0.2) is 0 Å². The fourth-order valence-electron chi connectivity index (χ4n) is 1.56. The van der Waals surface area contributed by atoms with E-state index in [1.807, 2.05) is 30.3 Å². The van der Waals surface area contributed by atoms with Gasteiger partial charge in [-0.05, 0) is 17.7 Å². The highest BCUT2D eigenvalue weighted by Gasteiger charge is 2.10. The van der Waals surface area contributed by atoms with E-state index in [1.165, 1.54) is 0 Å². The quantitative estimate of drug-likeness (QED) is 0.883. The molecule has 0 fully saturated rings. The smallest absolute Gasteiger partial charge is 0.252 e. The monoisotopic (exact) mass is 304 g/mol. The second-order valence-electron chi connectivity index (χ2n) is 3.83. The van der Waals surface area contributed by atoms with Crippen LogP contribution >= 0.6 is 15.9 Å². The van der Waals surface area contributed by atoms with E-state index in [-0.39, 0.29) is 10.7 Å². The molecule has 1 unspecified atom stereocenters. The lowest BCUT2D eigenvalue weighted by Crippen LogP contribution is -2.26. The van der Waals surface area contributed by atoms with E-state index in [1.54, 1.807) is 24.5 Å². The first-order valence-electron chi connectivity index (χ1n) is 5.64. The summed E-state index contributed by atoms with van der Waals surface area (Å²) in [7, 11) is 0. The number of aromatic nitrogens is 1. The summed E-state index contributed by atoms with van der Waals surface area (Å²) in [5.41, 5.74) is 1.72. The molecule has 0 saturated heterocycles. The highest BCUT2D eigenvalue weighted by molar-refractivity contribution is 9.09. The molecule has 0 aliphatic rings. The minimum atomic E-state index is -0.108. The molecule has 0 radical (unpaired) electrons. The van der Waals surface area contributed by atoms with Gasteiger partial charge in [0.1, 0.15) is 0 Å². The molecule has 1 aromatic carbocycles. The second-order valence-corrected chi connectivity index (χ2v) is 4.94. The third-order valence-corrected chi connectivity index (χ3v) is 3.38. The van der Waals surface area contributed by atoms with E-state index in [4.69, 9.17) is 0 Å². The molecule has 18 heavy (non-hydrogen) atoms. The molecule has 1 heterocycles. The molecule has 92 valence electrons. The van der Waals surface area contributed by atoms with E-state index >= 15 is 0 Å². The van der Waals surface area contributed by atoms with Crippen molar-refractivity contribution >= 4 is 21.8 Å². The van der Waals surface area contributed by atoms with Crippen LogP contribution in [-0.4, -0.2) is 17.4 Å². The van der Waals surface area contributed by atoms with Crippen molar-refractivity contribution in [2.45, 2.75) is 4.83 Å². The standard InChI is InChI=1S/C14H13BrN2O/c15-13(11-5-2-1-3-6-11)10-17-14(18)12-7-4-8-16-9-12/h1-9,13H,10H2,(H,17,18). The lowest BCUT2D eigenvalue weighted by atomic mass is 10.1. The Labute approximate surface area is 114 Å². The largest absolute Gasteiger partial charge is 0.351 e. The van der Waals surface area contributed by atoms with Crippen LogP contribution in [0.5, 0.6) is 0 Å². The van der Waals surface area contributed by atoms with Gasteiger partial charge < -0.3 is 5.32 Å². The van der Waals surface area contributed by atoms with Gasteiger partial charge in [0.05, 0.1) is 10.4 Å². The number of hydrogen-bond acceptors (Lipinski definition) is 2. The molecule has 0 aliphatic heterocycles. The maximum Gasteiger partial charge on any atom is 0.252 e. The topological polar surface area (TPSA) is 42.0 Å². The van der Waals surface area contributed by atoms with Crippen molar-refractivity contribution in [3.05, 3.63) is 66.0 Å². The van der Waals surface area contributed by atoms with Crippen LogP contribution in [0.1, 0.15) is 20.7 Å². The highest BCUT2D eigenvalue weighted by atomic mass is 79.9. The number of benzene rings is 1. The zero-order valence-electron chi connectivity index (χ0n) is 9.71. The number of rotatable bonds is 4. The highest BCUT2D eigenvalue weighted by Crippen LogP contribution is 2.21. The number of halogens is 1. The number of amides is 1. The maximum atomic E-state index is 11.8. The average molecular weight is 305 g/mol. The van der Waals surface area contributed by atoms with Crippen molar-refractivity contribution in [3.8, 4) is 0 Å². The summed E-state index contributed by atoms with van der Waals surface area (Å²) < 4.78 is 0. The molecule has 0 bridgehead atoms. The van der Waals surface area contributed by atoms with Crippen LogP contribution < -0.4 is 5.32 Å². The first-order valence-corrected chi connectivity index (χ1v) is 6.56. The van der Waals surface area contributed by atoms with Gasteiger partial charge in [0.25, 0.3) is 5.91 Å². The molecule has 0 saturated carbocycles. The van der Waals surface area contributed by atoms with Crippen LogP contribution in [0.3, 0.4) is 0 Å². The Morgan fingerprint density at radius 1 is 1.22 bits per heavy atom. The molecule has 1 amide bonds. The molecule has 1 atom stereocenters. The van der Waals surface area contributed by atoms with Crippen molar-refractivity contribution < 1.29 is 4.79 Å².